The van der Waals surface area contributed by atoms with Crippen molar-refractivity contribution >= 4 is 34.5 Å². The summed E-state index contributed by atoms with van der Waals surface area (Å²) in [7, 11) is 0. The van der Waals surface area contributed by atoms with Crippen molar-refractivity contribution in [2.75, 3.05) is 32.0 Å². The molecule has 2 aromatic carbocycles. The molecule has 1 atom stereocenters. The van der Waals surface area contributed by atoms with Crippen LogP contribution >= 0.6 is 11.8 Å². The minimum atomic E-state index is -0.0330. The Labute approximate surface area is 184 Å². The number of carbonyl (C=O) groups excluding carboxylic acids is 1. The van der Waals surface area contributed by atoms with Gasteiger partial charge in [0, 0.05) is 26.2 Å². The molecule has 9 heteroatoms. The Morgan fingerprint density at radius 1 is 1.19 bits per heavy atom. The van der Waals surface area contributed by atoms with Gasteiger partial charge in [-0.2, -0.15) is 0 Å². The summed E-state index contributed by atoms with van der Waals surface area (Å²) in [5, 5.41) is 11.0. The Bertz CT molecular complexity index is 1170. The zero-order chi connectivity index (χ0) is 21.0. The molecule has 160 valence electrons. The zero-order valence-corrected chi connectivity index (χ0v) is 17.8. The van der Waals surface area contributed by atoms with Crippen LogP contribution < -0.4 is 5.32 Å². The van der Waals surface area contributed by atoms with Crippen molar-refractivity contribution in [2.24, 2.45) is 0 Å². The SMILES string of the molecule is O=C(CSc1n[nH]c2nc3ccccc3n12)NCC1CN(Cc2ccccc2)CCO1. The second-order valence-electron chi connectivity index (χ2n) is 7.57. The second kappa shape index (κ2) is 9.09. The van der Waals surface area contributed by atoms with Gasteiger partial charge in [-0.05, 0) is 17.7 Å². The highest BCUT2D eigenvalue weighted by atomic mass is 32.2. The van der Waals surface area contributed by atoms with E-state index in [0.717, 1.165) is 35.8 Å². The van der Waals surface area contributed by atoms with Crippen molar-refractivity contribution in [1.82, 2.24) is 29.8 Å². The highest BCUT2D eigenvalue weighted by Gasteiger charge is 2.21. The maximum Gasteiger partial charge on any atom is 0.231 e. The lowest BCUT2D eigenvalue weighted by Gasteiger charge is -2.33. The van der Waals surface area contributed by atoms with Gasteiger partial charge in [0.15, 0.2) is 5.16 Å². The van der Waals surface area contributed by atoms with E-state index in [1.165, 1.54) is 17.3 Å². The fraction of sp³-hybridized carbons (Fsp3) is 0.318. The Balaban J connectivity index is 1.12. The molecule has 1 unspecified atom stereocenters. The summed E-state index contributed by atoms with van der Waals surface area (Å²) in [5.74, 6) is 0.931. The number of imidazole rings is 1. The molecule has 3 heterocycles. The number of nitrogens with one attached hydrogen (secondary N) is 2. The number of hydrogen-bond donors (Lipinski definition) is 2. The number of H-pyrrole nitrogens is 1. The molecule has 1 amide bonds. The molecule has 1 fully saturated rings. The van der Waals surface area contributed by atoms with Gasteiger partial charge in [-0.1, -0.05) is 54.2 Å². The van der Waals surface area contributed by atoms with E-state index in [1.54, 1.807) is 0 Å². The van der Waals surface area contributed by atoms with E-state index in [1.807, 2.05) is 34.7 Å². The number of carbonyl (C=O) groups is 1. The van der Waals surface area contributed by atoms with Gasteiger partial charge in [-0.25, -0.2) is 10.1 Å². The van der Waals surface area contributed by atoms with Crippen LogP contribution in [0.1, 0.15) is 5.56 Å². The van der Waals surface area contributed by atoms with Crippen molar-refractivity contribution in [3.05, 3.63) is 60.2 Å². The van der Waals surface area contributed by atoms with E-state index >= 15 is 0 Å². The van der Waals surface area contributed by atoms with Crippen LogP contribution in [-0.4, -0.2) is 68.5 Å². The third kappa shape index (κ3) is 4.58. The molecule has 0 spiro atoms. The smallest absolute Gasteiger partial charge is 0.231 e. The Morgan fingerprint density at radius 2 is 2.03 bits per heavy atom. The monoisotopic (exact) mass is 436 g/mol. The average molecular weight is 437 g/mol. The molecule has 0 saturated carbocycles. The first kappa shape index (κ1) is 20.0. The van der Waals surface area contributed by atoms with Gasteiger partial charge in [-0.3, -0.25) is 14.1 Å². The summed E-state index contributed by atoms with van der Waals surface area (Å²) in [6.45, 7) is 3.81. The first-order chi connectivity index (χ1) is 15.3. The number of morpholine rings is 1. The van der Waals surface area contributed by atoms with Crippen LogP contribution in [-0.2, 0) is 16.1 Å². The van der Waals surface area contributed by atoms with Gasteiger partial charge in [0.25, 0.3) is 0 Å². The number of benzene rings is 2. The second-order valence-corrected chi connectivity index (χ2v) is 8.51. The number of thioether (sulfide) groups is 1. The van der Waals surface area contributed by atoms with Crippen LogP contribution in [0.15, 0.2) is 59.8 Å². The number of rotatable bonds is 7. The molecule has 4 aromatic rings. The van der Waals surface area contributed by atoms with E-state index in [4.69, 9.17) is 4.74 Å². The highest BCUT2D eigenvalue weighted by Crippen LogP contribution is 2.22. The topological polar surface area (TPSA) is 87.5 Å². The molecular weight excluding hydrogens is 412 g/mol. The van der Waals surface area contributed by atoms with Crippen molar-refractivity contribution in [3.8, 4) is 0 Å². The molecule has 2 N–H and O–H groups in total. The first-order valence-corrected chi connectivity index (χ1v) is 11.3. The average Bonchev–Trinajstić information content (AvgIpc) is 3.37. The zero-order valence-electron chi connectivity index (χ0n) is 17.0. The van der Waals surface area contributed by atoms with Crippen LogP contribution in [0.5, 0.6) is 0 Å². The van der Waals surface area contributed by atoms with Gasteiger partial charge in [0.1, 0.15) is 0 Å². The highest BCUT2D eigenvalue weighted by molar-refractivity contribution is 7.99. The Morgan fingerprint density at radius 3 is 2.94 bits per heavy atom. The maximum absolute atomic E-state index is 12.4. The number of fused-ring (bicyclic) bond motifs is 3. The van der Waals surface area contributed by atoms with Gasteiger partial charge in [-0.15, -0.1) is 5.10 Å². The van der Waals surface area contributed by atoms with Crippen LogP contribution in [0.25, 0.3) is 16.8 Å². The standard InChI is InChI=1S/C22H24N6O2S/c29-20(15-31-22-26-25-21-24-18-8-4-5-9-19(18)28(21)22)23-12-17-14-27(10-11-30-17)13-16-6-2-1-3-7-16/h1-9,17H,10-15H2,(H,23,29)(H,24,25). The van der Waals surface area contributed by atoms with E-state index in [2.05, 4.69) is 49.7 Å². The van der Waals surface area contributed by atoms with Crippen LogP contribution in [0.2, 0.25) is 0 Å². The van der Waals surface area contributed by atoms with Crippen molar-refractivity contribution in [3.63, 3.8) is 0 Å². The van der Waals surface area contributed by atoms with Gasteiger partial charge < -0.3 is 10.1 Å². The maximum atomic E-state index is 12.4. The minimum Gasteiger partial charge on any atom is -0.374 e. The number of amides is 1. The predicted molar refractivity (Wildman–Crippen MR) is 120 cm³/mol. The summed E-state index contributed by atoms with van der Waals surface area (Å²) < 4.78 is 7.79. The predicted octanol–water partition coefficient (Wildman–Crippen LogP) is 2.32. The summed E-state index contributed by atoms with van der Waals surface area (Å²) in [4.78, 5) is 19.3. The third-order valence-electron chi connectivity index (χ3n) is 5.33. The molecule has 0 radical (unpaired) electrons. The molecular formula is C22H24N6O2S. The molecule has 5 rings (SSSR count). The lowest BCUT2D eigenvalue weighted by molar-refractivity contribution is -0.119. The van der Waals surface area contributed by atoms with Crippen molar-refractivity contribution in [1.29, 1.82) is 0 Å². The number of aromatic nitrogens is 4. The normalized spacial score (nSPS) is 17.4. The van der Waals surface area contributed by atoms with Crippen molar-refractivity contribution in [2.45, 2.75) is 17.8 Å². The van der Waals surface area contributed by atoms with Crippen LogP contribution in [0.4, 0.5) is 0 Å². The number of hydrogen-bond acceptors (Lipinski definition) is 6. The van der Waals surface area contributed by atoms with Gasteiger partial charge in [0.05, 0.1) is 29.5 Å². The number of nitrogens with zero attached hydrogens (tertiary/aromatic N) is 4. The van der Waals surface area contributed by atoms with Gasteiger partial charge >= 0.3 is 0 Å². The molecule has 1 aliphatic rings. The van der Waals surface area contributed by atoms with E-state index in [9.17, 15) is 4.79 Å². The molecule has 1 aliphatic heterocycles. The molecule has 0 bridgehead atoms. The molecule has 8 nitrogen and oxygen atoms in total. The van der Waals surface area contributed by atoms with Crippen LogP contribution in [0.3, 0.4) is 0 Å². The summed E-state index contributed by atoms with van der Waals surface area (Å²) >= 11 is 1.39. The van der Waals surface area contributed by atoms with E-state index < -0.39 is 0 Å². The van der Waals surface area contributed by atoms with E-state index in [0.29, 0.717) is 18.9 Å². The molecule has 1 saturated heterocycles. The number of ether oxygens (including phenoxy) is 1. The molecule has 2 aromatic heterocycles. The largest absolute Gasteiger partial charge is 0.374 e. The molecule has 0 aliphatic carbocycles. The summed E-state index contributed by atoms with van der Waals surface area (Å²) in [6, 6.07) is 18.3. The van der Waals surface area contributed by atoms with Gasteiger partial charge in [0.2, 0.25) is 11.7 Å². The van der Waals surface area contributed by atoms with Crippen LogP contribution in [0, 0.1) is 0 Å². The minimum absolute atomic E-state index is 0.00101. The Kier molecular flexibility index (Phi) is 5.88. The first-order valence-electron chi connectivity index (χ1n) is 10.4. The van der Waals surface area contributed by atoms with Crippen molar-refractivity contribution < 1.29 is 9.53 Å². The summed E-state index contributed by atoms with van der Waals surface area (Å²) in [5.41, 5.74) is 3.17. The Hall–Kier alpha value is -2.88. The summed E-state index contributed by atoms with van der Waals surface area (Å²) in [6.07, 6.45) is 0.00101. The fourth-order valence-corrected chi connectivity index (χ4v) is 4.62. The number of aromatic amines is 1. The lowest BCUT2D eigenvalue weighted by Crippen LogP contribution is -2.47. The quantitative estimate of drug-likeness (QED) is 0.433. The third-order valence-corrected chi connectivity index (χ3v) is 6.27. The lowest BCUT2D eigenvalue weighted by atomic mass is 10.2. The molecule has 31 heavy (non-hydrogen) atoms. The fourth-order valence-electron chi connectivity index (χ4n) is 3.84. The van der Waals surface area contributed by atoms with E-state index in [-0.39, 0.29) is 17.8 Å². The number of para-hydroxylation sites is 2.